The van der Waals surface area contributed by atoms with Crippen molar-refractivity contribution in [1.82, 2.24) is 10.2 Å². The van der Waals surface area contributed by atoms with Crippen molar-refractivity contribution in [2.45, 2.75) is 38.8 Å². The Bertz CT molecular complexity index is 658. The van der Waals surface area contributed by atoms with Gasteiger partial charge in [-0.05, 0) is 50.5 Å². The molecule has 0 unspecified atom stereocenters. The summed E-state index contributed by atoms with van der Waals surface area (Å²) in [6.45, 7) is 6.97. The second-order valence-corrected chi connectivity index (χ2v) is 6.77. The number of urea groups is 1. The first kappa shape index (κ1) is 18.7. The van der Waals surface area contributed by atoms with Crippen molar-refractivity contribution in [3.63, 3.8) is 0 Å². The zero-order valence-electron chi connectivity index (χ0n) is 15.4. The molecule has 142 valence electrons. The summed E-state index contributed by atoms with van der Waals surface area (Å²) in [6, 6.07) is 4.92. The molecule has 2 atom stereocenters. The van der Waals surface area contributed by atoms with E-state index >= 15 is 0 Å². The number of rotatable bonds is 5. The molecular weight excluding hydrogens is 334 g/mol. The third-order valence-corrected chi connectivity index (χ3v) is 4.84. The standard InChI is InChI=1S/C19H27N3O4/c1-3-26-17-12-25-11-16(17)21-19(24)20-15-7-6-14(10-13(15)2)18(23)22-8-4-5-9-22/h6-7,10,16-17H,3-5,8-9,11-12H2,1-2H3,(H2,20,21,24)/t16-,17-/m0/s1. The van der Waals surface area contributed by atoms with Gasteiger partial charge in [-0.2, -0.15) is 0 Å². The summed E-state index contributed by atoms with van der Waals surface area (Å²) in [7, 11) is 0. The van der Waals surface area contributed by atoms with Gasteiger partial charge in [0.1, 0.15) is 6.10 Å². The van der Waals surface area contributed by atoms with Crippen molar-refractivity contribution in [3.05, 3.63) is 29.3 Å². The average molecular weight is 361 g/mol. The molecule has 2 heterocycles. The molecule has 7 nitrogen and oxygen atoms in total. The van der Waals surface area contributed by atoms with Crippen molar-refractivity contribution in [3.8, 4) is 0 Å². The zero-order valence-corrected chi connectivity index (χ0v) is 15.4. The third kappa shape index (κ3) is 4.34. The smallest absolute Gasteiger partial charge is 0.319 e. The second kappa shape index (κ2) is 8.51. The highest BCUT2D eigenvalue weighted by Gasteiger charge is 2.30. The molecule has 2 saturated heterocycles. The van der Waals surface area contributed by atoms with E-state index in [1.807, 2.05) is 24.8 Å². The Morgan fingerprint density at radius 1 is 1.27 bits per heavy atom. The molecule has 0 spiro atoms. The Labute approximate surface area is 154 Å². The van der Waals surface area contributed by atoms with E-state index in [4.69, 9.17) is 9.47 Å². The number of ether oxygens (including phenoxy) is 2. The Balaban J connectivity index is 1.59. The molecule has 2 fully saturated rings. The summed E-state index contributed by atoms with van der Waals surface area (Å²) in [5, 5.41) is 5.75. The van der Waals surface area contributed by atoms with Gasteiger partial charge in [-0.1, -0.05) is 0 Å². The van der Waals surface area contributed by atoms with Crippen LogP contribution in [0.3, 0.4) is 0 Å². The molecule has 7 heteroatoms. The van der Waals surface area contributed by atoms with Crippen LogP contribution in [0.2, 0.25) is 0 Å². The quantitative estimate of drug-likeness (QED) is 0.842. The van der Waals surface area contributed by atoms with Crippen LogP contribution in [0.4, 0.5) is 10.5 Å². The van der Waals surface area contributed by atoms with Crippen LogP contribution in [-0.4, -0.2) is 61.9 Å². The summed E-state index contributed by atoms with van der Waals surface area (Å²) in [6.07, 6.45) is 2.02. The molecule has 0 bridgehead atoms. The van der Waals surface area contributed by atoms with Gasteiger partial charge in [-0.15, -0.1) is 0 Å². The van der Waals surface area contributed by atoms with Crippen molar-refractivity contribution in [2.75, 3.05) is 38.2 Å². The van der Waals surface area contributed by atoms with Gasteiger partial charge in [0.05, 0.1) is 19.3 Å². The van der Waals surface area contributed by atoms with Gasteiger partial charge in [0, 0.05) is 30.9 Å². The molecule has 2 N–H and O–H groups in total. The summed E-state index contributed by atoms with van der Waals surface area (Å²) >= 11 is 0. The number of carbonyl (C=O) groups excluding carboxylic acids is 2. The first-order valence-electron chi connectivity index (χ1n) is 9.25. The topological polar surface area (TPSA) is 79.9 Å². The molecule has 0 aromatic heterocycles. The van der Waals surface area contributed by atoms with Gasteiger partial charge >= 0.3 is 6.03 Å². The maximum absolute atomic E-state index is 12.5. The largest absolute Gasteiger partial charge is 0.376 e. The summed E-state index contributed by atoms with van der Waals surface area (Å²) < 4.78 is 10.9. The maximum Gasteiger partial charge on any atom is 0.319 e. The van der Waals surface area contributed by atoms with E-state index in [0.29, 0.717) is 31.1 Å². The normalized spacial score (nSPS) is 22.5. The average Bonchev–Trinajstić information content (AvgIpc) is 3.29. The highest BCUT2D eigenvalue weighted by molar-refractivity contribution is 5.96. The molecule has 1 aromatic carbocycles. The van der Waals surface area contributed by atoms with Crippen molar-refractivity contribution in [1.29, 1.82) is 0 Å². The van der Waals surface area contributed by atoms with E-state index in [2.05, 4.69) is 10.6 Å². The van der Waals surface area contributed by atoms with Crippen molar-refractivity contribution in [2.24, 2.45) is 0 Å². The number of likely N-dealkylation sites (tertiary alicyclic amines) is 1. The molecule has 3 rings (SSSR count). The summed E-state index contributed by atoms with van der Waals surface area (Å²) in [5.74, 6) is 0.0595. The minimum Gasteiger partial charge on any atom is -0.376 e. The highest BCUT2D eigenvalue weighted by Crippen LogP contribution is 2.20. The van der Waals surface area contributed by atoms with Crippen molar-refractivity contribution >= 4 is 17.6 Å². The Hall–Kier alpha value is -2.12. The summed E-state index contributed by atoms with van der Waals surface area (Å²) in [4.78, 5) is 26.6. The van der Waals surface area contributed by atoms with Gasteiger partial charge in [0.25, 0.3) is 5.91 Å². The van der Waals surface area contributed by atoms with Crippen molar-refractivity contribution < 1.29 is 19.1 Å². The number of amides is 3. The van der Waals surface area contributed by atoms with E-state index in [0.717, 1.165) is 31.5 Å². The monoisotopic (exact) mass is 361 g/mol. The SMILES string of the molecule is CCO[C@H]1COC[C@@H]1NC(=O)Nc1ccc(C(=O)N2CCCC2)cc1C. The second-order valence-electron chi connectivity index (χ2n) is 6.77. The predicted octanol–water partition coefficient (Wildman–Crippen LogP) is 2.16. The fourth-order valence-electron chi connectivity index (χ4n) is 3.41. The number of hydrogen-bond donors (Lipinski definition) is 2. The van der Waals surface area contributed by atoms with E-state index < -0.39 is 0 Å². The lowest BCUT2D eigenvalue weighted by molar-refractivity contribution is 0.0428. The van der Waals surface area contributed by atoms with Crippen LogP contribution in [0.25, 0.3) is 0 Å². The van der Waals surface area contributed by atoms with Crippen LogP contribution in [0.5, 0.6) is 0 Å². The highest BCUT2D eigenvalue weighted by atomic mass is 16.5. The number of carbonyl (C=O) groups is 2. The van der Waals surface area contributed by atoms with Gasteiger partial charge in [0.15, 0.2) is 0 Å². The number of anilines is 1. The minimum absolute atomic E-state index is 0.0595. The van der Waals surface area contributed by atoms with Gasteiger partial charge in [-0.25, -0.2) is 4.79 Å². The molecule has 26 heavy (non-hydrogen) atoms. The van der Waals surface area contributed by atoms with Gasteiger partial charge < -0.3 is 25.0 Å². The fourth-order valence-corrected chi connectivity index (χ4v) is 3.41. The van der Waals surface area contributed by atoms with Gasteiger partial charge in [0.2, 0.25) is 0 Å². The van der Waals surface area contributed by atoms with Crippen LogP contribution < -0.4 is 10.6 Å². The van der Waals surface area contributed by atoms with E-state index in [-0.39, 0.29) is 24.1 Å². The fraction of sp³-hybridized carbons (Fsp3) is 0.579. The van der Waals surface area contributed by atoms with E-state index in [1.165, 1.54) is 0 Å². The molecule has 0 aliphatic carbocycles. The molecule has 1 aromatic rings. The van der Waals surface area contributed by atoms with Crippen LogP contribution in [-0.2, 0) is 9.47 Å². The first-order valence-corrected chi connectivity index (χ1v) is 9.25. The first-order chi connectivity index (χ1) is 12.6. The Morgan fingerprint density at radius 2 is 2.04 bits per heavy atom. The lowest BCUT2D eigenvalue weighted by atomic mass is 10.1. The number of nitrogens with one attached hydrogen (secondary N) is 2. The van der Waals surface area contributed by atoms with E-state index in [9.17, 15) is 9.59 Å². The number of hydrogen-bond acceptors (Lipinski definition) is 4. The summed E-state index contributed by atoms with van der Waals surface area (Å²) in [5.41, 5.74) is 2.21. The molecule has 0 radical (unpaired) electrons. The van der Waals surface area contributed by atoms with Crippen LogP contribution in [0.15, 0.2) is 18.2 Å². The Morgan fingerprint density at radius 3 is 2.73 bits per heavy atom. The Kier molecular flexibility index (Phi) is 6.11. The van der Waals surface area contributed by atoms with E-state index in [1.54, 1.807) is 12.1 Å². The predicted molar refractivity (Wildman–Crippen MR) is 98.5 cm³/mol. The number of benzene rings is 1. The minimum atomic E-state index is -0.299. The molecule has 2 aliphatic rings. The molecule has 0 saturated carbocycles. The van der Waals surface area contributed by atoms with Crippen LogP contribution >= 0.6 is 0 Å². The van der Waals surface area contributed by atoms with Crippen LogP contribution in [0, 0.1) is 6.92 Å². The lowest BCUT2D eigenvalue weighted by Gasteiger charge is -2.20. The zero-order chi connectivity index (χ0) is 18.5. The third-order valence-electron chi connectivity index (χ3n) is 4.84. The molecule has 3 amide bonds. The van der Waals surface area contributed by atoms with Gasteiger partial charge in [-0.3, -0.25) is 4.79 Å². The maximum atomic E-state index is 12.5. The number of nitrogens with zero attached hydrogens (tertiary/aromatic N) is 1. The molecule has 2 aliphatic heterocycles. The number of aryl methyl sites for hydroxylation is 1. The van der Waals surface area contributed by atoms with Crippen LogP contribution in [0.1, 0.15) is 35.7 Å². The molecular formula is C19H27N3O4. The lowest BCUT2D eigenvalue weighted by Crippen LogP contribution is -2.45.